The Balaban J connectivity index is 1.57. The van der Waals surface area contributed by atoms with Gasteiger partial charge in [-0.1, -0.05) is 24.3 Å². The third kappa shape index (κ3) is 5.13. The van der Waals surface area contributed by atoms with Gasteiger partial charge < -0.3 is 24.9 Å². The highest BCUT2D eigenvalue weighted by molar-refractivity contribution is 5.98. The maximum atomic E-state index is 16.3. The molecule has 2 aliphatic heterocycles. The van der Waals surface area contributed by atoms with Crippen molar-refractivity contribution in [3.8, 4) is 0 Å². The number of hydrogen-bond acceptors (Lipinski definition) is 6. The van der Waals surface area contributed by atoms with Gasteiger partial charge in [-0.2, -0.15) is 23.0 Å². The zero-order chi connectivity index (χ0) is 29.6. The van der Waals surface area contributed by atoms with Crippen molar-refractivity contribution in [2.75, 3.05) is 31.6 Å². The Morgan fingerprint density at radius 3 is 2.39 bits per heavy atom. The normalized spacial score (nSPS) is 18.9. The van der Waals surface area contributed by atoms with Crippen molar-refractivity contribution in [3.63, 3.8) is 0 Å². The first kappa shape index (κ1) is 28.2. The third-order valence-corrected chi connectivity index (χ3v) is 7.59. The molecule has 2 unspecified atom stereocenters. The van der Waals surface area contributed by atoms with Crippen molar-refractivity contribution in [1.82, 2.24) is 19.6 Å². The molecule has 4 heterocycles. The van der Waals surface area contributed by atoms with Gasteiger partial charge in [-0.05, 0) is 25.3 Å². The lowest BCUT2D eigenvalue weighted by Crippen LogP contribution is -2.60. The van der Waals surface area contributed by atoms with Crippen molar-refractivity contribution < 1.29 is 31.6 Å². The number of carbonyl (C=O) groups is 2. The van der Waals surface area contributed by atoms with Crippen LogP contribution in [0.4, 0.5) is 28.2 Å². The Hall–Kier alpha value is -4.36. The second-order valence-electron chi connectivity index (χ2n) is 10.4. The zero-order valence-corrected chi connectivity index (χ0v) is 22.4. The van der Waals surface area contributed by atoms with Gasteiger partial charge in [0.15, 0.2) is 11.6 Å². The van der Waals surface area contributed by atoms with Crippen LogP contribution in [0.15, 0.2) is 41.2 Å². The van der Waals surface area contributed by atoms with Crippen LogP contribution in [0.3, 0.4) is 0 Å². The van der Waals surface area contributed by atoms with Crippen molar-refractivity contribution in [3.05, 3.63) is 70.6 Å². The van der Waals surface area contributed by atoms with Crippen LogP contribution in [0.2, 0.25) is 0 Å². The summed E-state index contributed by atoms with van der Waals surface area (Å²) in [4.78, 5) is 30.4. The molecule has 218 valence electrons. The minimum atomic E-state index is -4.72. The van der Waals surface area contributed by atoms with Crippen molar-refractivity contribution in [2.45, 2.75) is 38.5 Å². The Morgan fingerprint density at radius 2 is 1.83 bits per heavy atom. The van der Waals surface area contributed by atoms with E-state index in [4.69, 9.17) is 15.6 Å². The first-order chi connectivity index (χ1) is 19.4. The highest BCUT2D eigenvalue weighted by Crippen LogP contribution is 2.49. The number of aryl methyl sites for hydroxylation is 1. The number of nitrogens with two attached hydrogens (primary N) is 1. The summed E-state index contributed by atoms with van der Waals surface area (Å²) in [5.41, 5.74) is 6.50. The molecule has 5 rings (SSSR count). The van der Waals surface area contributed by atoms with E-state index >= 15 is 4.39 Å². The molecule has 10 nitrogen and oxygen atoms in total. The second kappa shape index (κ2) is 10.6. The molecule has 0 saturated carbocycles. The Labute approximate surface area is 232 Å². The number of nitrogens with one attached hydrogen (secondary N) is 1. The summed E-state index contributed by atoms with van der Waals surface area (Å²) < 4.78 is 64.2. The van der Waals surface area contributed by atoms with Gasteiger partial charge in [0.25, 0.3) is 5.91 Å². The number of furan rings is 1. The lowest BCUT2D eigenvalue weighted by atomic mass is 9.85. The van der Waals surface area contributed by atoms with Crippen LogP contribution in [0.5, 0.6) is 0 Å². The number of benzene rings is 1. The number of likely N-dealkylation sites (tertiary alicyclic amines) is 2. The molecule has 2 aliphatic rings. The molecule has 41 heavy (non-hydrogen) atoms. The number of anilines is 1. The highest BCUT2D eigenvalue weighted by atomic mass is 19.4. The number of carbonyl (C=O) groups excluding carboxylic acids is 2. The fourth-order valence-electron chi connectivity index (χ4n) is 5.31. The molecule has 3 aromatic rings. The summed E-state index contributed by atoms with van der Waals surface area (Å²) in [6, 6.07) is 4.20. The monoisotopic (exact) mass is 575 g/mol. The molecular weight excluding hydrogens is 546 g/mol. The number of amidine groups is 1. The van der Waals surface area contributed by atoms with Crippen molar-refractivity contribution in [1.29, 1.82) is 5.41 Å². The number of nitrogens with zero attached hydrogens (tertiary/aromatic N) is 5. The molecule has 2 saturated heterocycles. The third-order valence-electron chi connectivity index (χ3n) is 7.59. The molecule has 14 heteroatoms. The number of alkyl halides is 3. The van der Waals surface area contributed by atoms with E-state index in [0.717, 1.165) is 28.7 Å². The van der Waals surface area contributed by atoms with Crippen LogP contribution in [0, 0.1) is 24.1 Å². The summed E-state index contributed by atoms with van der Waals surface area (Å²) in [5.74, 6) is -4.46. The SMILES string of the molecule is Cc1cocc1C(=O)n1nc(C2C(C(F)(F)F)CN2C(=O)N2CCCC2)c(F)c1N(C)Cc1ccc(C(=N)N)cc1. The van der Waals surface area contributed by atoms with Crippen LogP contribution in [-0.2, 0) is 6.54 Å². The van der Waals surface area contributed by atoms with Gasteiger partial charge in [0.2, 0.25) is 0 Å². The molecule has 0 aliphatic carbocycles. The molecule has 0 bridgehead atoms. The predicted octanol–water partition coefficient (Wildman–Crippen LogP) is 4.28. The van der Waals surface area contributed by atoms with E-state index in [9.17, 15) is 22.8 Å². The fourth-order valence-corrected chi connectivity index (χ4v) is 5.31. The summed E-state index contributed by atoms with van der Waals surface area (Å²) >= 11 is 0. The van der Waals surface area contributed by atoms with E-state index < -0.39 is 48.1 Å². The second-order valence-corrected chi connectivity index (χ2v) is 10.4. The molecular formula is C27H29F4N7O3. The molecule has 2 amide bonds. The molecule has 2 aromatic heterocycles. The molecule has 0 radical (unpaired) electrons. The maximum Gasteiger partial charge on any atom is 0.395 e. The summed E-state index contributed by atoms with van der Waals surface area (Å²) in [7, 11) is 1.48. The number of nitrogen functional groups attached to an aromatic ring is 1. The lowest BCUT2D eigenvalue weighted by molar-refractivity contribution is -0.225. The predicted molar refractivity (Wildman–Crippen MR) is 140 cm³/mol. The largest absolute Gasteiger partial charge is 0.471 e. The van der Waals surface area contributed by atoms with E-state index in [-0.39, 0.29) is 23.8 Å². The summed E-state index contributed by atoms with van der Waals surface area (Å²) in [6.45, 7) is 1.83. The van der Waals surface area contributed by atoms with Crippen LogP contribution < -0.4 is 10.6 Å². The lowest BCUT2D eigenvalue weighted by Gasteiger charge is -2.48. The Kier molecular flexibility index (Phi) is 7.26. The van der Waals surface area contributed by atoms with E-state index in [2.05, 4.69) is 5.10 Å². The summed E-state index contributed by atoms with van der Waals surface area (Å²) in [5, 5.41) is 11.7. The minimum absolute atomic E-state index is 0.0433. The van der Waals surface area contributed by atoms with Gasteiger partial charge >= 0.3 is 12.2 Å². The van der Waals surface area contributed by atoms with Gasteiger partial charge in [-0.15, -0.1) is 0 Å². The van der Waals surface area contributed by atoms with Crippen molar-refractivity contribution >= 4 is 23.6 Å². The van der Waals surface area contributed by atoms with Gasteiger partial charge in [-0.25, -0.2) is 9.18 Å². The Morgan fingerprint density at radius 1 is 1.17 bits per heavy atom. The number of aromatic nitrogens is 2. The van der Waals surface area contributed by atoms with Crippen LogP contribution in [-0.4, -0.2) is 70.2 Å². The van der Waals surface area contributed by atoms with E-state index in [1.807, 2.05) is 0 Å². The molecule has 1 aromatic carbocycles. The standard InChI is InChI=1S/C27H29F4N7O3/c1-15-13-41-14-18(15)25(39)38-24(35(2)11-16-5-7-17(8-6-16)23(32)33)20(28)21(34-38)22-19(27(29,30)31)12-37(22)26(40)36-9-3-4-10-36/h5-8,13-14,19,22H,3-4,9-12H2,1-2H3,(H3,32,33). The first-order valence-corrected chi connectivity index (χ1v) is 13.0. The zero-order valence-electron chi connectivity index (χ0n) is 22.4. The molecule has 0 spiro atoms. The fraction of sp³-hybridized carbons (Fsp3) is 0.407. The van der Waals surface area contributed by atoms with E-state index in [0.29, 0.717) is 29.8 Å². The average molecular weight is 576 g/mol. The van der Waals surface area contributed by atoms with Crippen LogP contribution >= 0.6 is 0 Å². The topological polar surface area (TPSA) is 125 Å². The van der Waals surface area contributed by atoms with Gasteiger partial charge in [0.05, 0.1) is 23.8 Å². The molecule has 3 N–H and O–H groups in total. The van der Waals surface area contributed by atoms with Crippen molar-refractivity contribution in [2.24, 2.45) is 11.7 Å². The van der Waals surface area contributed by atoms with Gasteiger partial charge in [0.1, 0.15) is 17.8 Å². The van der Waals surface area contributed by atoms with Gasteiger partial charge in [-0.3, -0.25) is 10.2 Å². The minimum Gasteiger partial charge on any atom is -0.471 e. The average Bonchev–Trinajstić information content (AvgIpc) is 3.64. The quantitative estimate of drug-likeness (QED) is 0.257. The number of urea groups is 1. The summed E-state index contributed by atoms with van der Waals surface area (Å²) in [6.07, 6.45) is -0.783. The smallest absolute Gasteiger partial charge is 0.395 e. The van der Waals surface area contributed by atoms with E-state index in [1.54, 1.807) is 31.2 Å². The number of hydrogen-bond donors (Lipinski definition) is 2. The molecule has 2 fully saturated rings. The van der Waals surface area contributed by atoms with Gasteiger partial charge in [0, 0.05) is 44.4 Å². The van der Waals surface area contributed by atoms with E-state index in [1.165, 1.54) is 23.1 Å². The Bertz CT molecular complexity index is 1470. The number of rotatable bonds is 6. The molecule has 2 atom stereocenters. The highest BCUT2D eigenvalue weighted by Gasteiger charge is 2.59. The van der Waals surface area contributed by atoms with Crippen LogP contribution in [0.1, 0.15) is 51.6 Å². The first-order valence-electron chi connectivity index (χ1n) is 13.0. The number of halogens is 4. The van der Waals surface area contributed by atoms with Crippen LogP contribution in [0.25, 0.3) is 0 Å². The maximum absolute atomic E-state index is 16.3. The number of amides is 2.